The number of rotatable bonds is 2. The number of phenols is 1. The van der Waals surface area contributed by atoms with Crippen molar-refractivity contribution in [2.75, 3.05) is 5.75 Å². The molecule has 126 valence electrons. The summed E-state index contributed by atoms with van der Waals surface area (Å²) in [7, 11) is 0. The van der Waals surface area contributed by atoms with Gasteiger partial charge in [0.15, 0.2) is 16.6 Å². The first-order chi connectivity index (χ1) is 12.0. The minimum absolute atomic E-state index is 0.0891. The quantitative estimate of drug-likeness (QED) is 0.717. The van der Waals surface area contributed by atoms with E-state index in [1.165, 1.54) is 28.6 Å². The number of nitrogens with zero attached hydrogens (tertiary/aromatic N) is 3. The Bertz CT molecular complexity index is 1010. The molecule has 1 aliphatic rings. The van der Waals surface area contributed by atoms with Gasteiger partial charge in [-0.05, 0) is 36.4 Å². The van der Waals surface area contributed by atoms with Gasteiger partial charge in [0.2, 0.25) is 0 Å². The smallest absolute Gasteiger partial charge is 0.300 e. The normalized spacial score (nSPS) is 19.0. The molecule has 0 fully saturated rings. The van der Waals surface area contributed by atoms with Gasteiger partial charge in [-0.15, -0.1) is 0 Å². The molecule has 1 unspecified atom stereocenters. The van der Waals surface area contributed by atoms with Crippen molar-refractivity contribution < 1.29 is 10.2 Å². The van der Waals surface area contributed by atoms with Gasteiger partial charge in [-0.25, -0.2) is 4.68 Å². The fourth-order valence-corrected chi connectivity index (χ4v) is 3.86. The van der Waals surface area contributed by atoms with Crippen LogP contribution in [0.5, 0.6) is 5.75 Å². The molecule has 0 radical (unpaired) electrons. The molecule has 4 rings (SSSR count). The van der Waals surface area contributed by atoms with Crippen molar-refractivity contribution in [2.45, 2.75) is 10.9 Å². The highest BCUT2D eigenvalue weighted by Gasteiger charge is 2.41. The number of aromatic nitrogens is 3. The van der Waals surface area contributed by atoms with E-state index in [0.29, 0.717) is 21.3 Å². The molecule has 1 aromatic heterocycles. The lowest BCUT2D eigenvalue weighted by Crippen LogP contribution is -2.37. The predicted molar refractivity (Wildman–Crippen MR) is 94.9 cm³/mol. The van der Waals surface area contributed by atoms with Crippen molar-refractivity contribution in [3.05, 3.63) is 69.5 Å². The summed E-state index contributed by atoms with van der Waals surface area (Å²) in [6.07, 6.45) is 0. The average Bonchev–Trinajstić information content (AvgIpc) is 2.93. The van der Waals surface area contributed by atoms with E-state index in [9.17, 15) is 15.0 Å². The molecular formula is C17H12ClN3O3S. The summed E-state index contributed by atoms with van der Waals surface area (Å²) in [5, 5.41) is 25.9. The number of hydrogen-bond donors (Lipinski definition) is 2. The standard InChI is InChI=1S/C17H12ClN3O3S/c18-12-5-3-11(4-6-12)17(24)9-25-16-19-15(23)14(20-21(16)17)10-1-7-13(22)8-2-10/h1-8,22,24H,9H2. The van der Waals surface area contributed by atoms with Crippen LogP contribution in [0.25, 0.3) is 11.3 Å². The molecule has 0 aliphatic carbocycles. The number of aromatic hydroxyl groups is 1. The number of hydrogen-bond acceptors (Lipinski definition) is 6. The Kier molecular flexibility index (Phi) is 3.79. The second-order valence-corrected chi connectivity index (χ2v) is 7.00. The van der Waals surface area contributed by atoms with Gasteiger partial charge in [0.05, 0.1) is 5.75 Å². The third-order valence-electron chi connectivity index (χ3n) is 3.98. The van der Waals surface area contributed by atoms with Crippen LogP contribution in [0.3, 0.4) is 0 Å². The molecular weight excluding hydrogens is 362 g/mol. The van der Waals surface area contributed by atoms with Crippen LogP contribution in [0.4, 0.5) is 0 Å². The third kappa shape index (κ3) is 2.70. The Balaban J connectivity index is 1.87. The van der Waals surface area contributed by atoms with Gasteiger partial charge in [0.25, 0.3) is 0 Å². The zero-order valence-corrected chi connectivity index (χ0v) is 14.3. The molecule has 0 spiro atoms. The highest BCUT2D eigenvalue weighted by molar-refractivity contribution is 7.99. The number of halogens is 1. The van der Waals surface area contributed by atoms with E-state index in [4.69, 9.17) is 11.6 Å². The van der Waals surface area contributed by atoms with Gasteiger partial charge in [0, 0.05) is 16.1 Å². The maximum Gasteiger partial charge on any atom is 0.300 e. The van der Waals surface area contributed by atoms with Crippen LogP contribution in [0, 0.1) is 0 Å². The molecule has 0 saturated carbocycles. The Morgan fingerprint density at radius 2 is 1.80 bits per heavy atom. The number of fused-ring (bicyclic) bond motifs is 1. The Morgan fingerprint density at radius 3 is 2.48 bits per heavy atom. The number of thioether (sulfide) groups is 1. The molecule has 2 heterocycles. The van der Waals surface area contributed by atoms with Crippen molar-refractivity contribution in [3.63, 3.8) is 0 Å². The van der Waals surface area contributed by atoms with Gasteiger partial charge in [0.1, 0.15) is 5.75 Å². The molecule has 25 heavy (non-hydrogen) atoms. The first-order valence-electron chi connectivity index (χ1n) is 7.40. The summed E-state index contributed by atoms with van der Waals surface area (Å²) >= 11 is 7.18. The highest BCUT2D eigenvalue weighted by atomic mass is 35.5. The number of aliphatic hydroxyl groups is 1. The maximum absolute atomic E-state index is 12.3. The summed E-state index contributed by atoms with van der Waals surface area (Å²) in [6.45, 7) is 0. The Hall–Kier alpha value is -2.35. The van der Waals surface area contributed by atoms with Crippen molar-refractivity contribution in [1.82, 2.24) is 14.8 Å². The molecule has 6 nitrogen and oxygen atoms in total. The van der Waals surface area contributed by atoms with Gasteiger partial charge < -0.3 is 10.2 Å². The number of phenolic OH excluding ortho intramolecular Hbond substituents is 1. The van der Waals surface area contributed by atoms with E-state index < -0.39 is 11.3 Å². The fourth-order valence-electron chi connectivity index (χ4n) is 2.66. The van der Waals surface area contributed by atoms with E-state index in [0.717, 1.165) is 0 Å². The van der Waals surface area contributed by atoms with Crippen LogP contribution >= 0.6 is 23.4 Å². The minimum Gasteiger partial charge on any atom is -0.508 e. The maximum atomic E-state index is 12.3. The van der Waals surface area contributed by atoms with Crippen LogP contribution in [0.15, 0.2) is 58.5 Å². The van der Waals surface area contributed by atoms with Crippen molar-refractivity contribution in [3.8, 4) is 17.0 Å². The molecule has 2 aromatic carbocycles. The SMILES string of the molecule is O=c1nc2n(nc1-c1ccc(O)cc1)C(O)(c1ccc(Cl)cc1)CS2. The largest absolute Gasteiger partial charge is 0.508 e. The zero-order chi connectivity index (χ0) is 17.6. The van der Waals surface area contributed by atoms with E-state index in [-0.39, 0.29) is 17.2 Å². The lowest BCUT2D eigenvalue weighted by molar-refractivity contribution is 0.0125. The second kappa shape index (κ2) is 5.87. The number of benzene rings is 2. The van der Waals surface area contributed by atoms with Crippen LogP contribution in [-0.2, 0) is 5.72 Å². The highest BCUT2D eigenvalue weighted by Crippen LogP contribution is 2.38. The van der Waals surface area contributed by atoms with Gasteiger partial charge in [-0.2, -0.15) is 10.1 Å². The van der Waals surface area contributed by atoms with Crippen LogP contribution in [0.2, 0.25) is 5.02 Å². The Labute approximate surface area is 151 Å². The lowest BCUT2D eigenvalue weighted by Gasteiger charge is -2.24. The monoisotopic (exact) mass is 373 g/mol. The summed E-state index contributed by atoms with van der Waals surface area (Å²) in [5.41, 5.74) is -0.668. The summed E-state index contributed by atoms with van der Waals surface area (Å²) in [5.74, 6) is 0.374. The topological polar surface area (TPSA) is 88.2 Å². The third-order valence-corrected chi connectivity index (χ3v) is 5.30. The fraction of sp³-hybridized carbons (Fsp3) is 0.118. The average molecular weight is 374 g/mol. The van der Waals surface area contributed by atoms with E-state index in [2.05, 4.69) is 10.1 Å². The van der Waals surface area contributed by atoms with Crippen molar-refractivity contribution in [2.24, 2.45) is 0 Å². The zero-order valence-electron chi connectivity index (χ0n) is 12.8. The summed E-state index contributed by atoms with van der Waals surface area (Å²) in [6, 6.07) is 12.9. The second-order valence-electron chi connectivity index (χ2n) is 5.62. The van der Waals surface area contributed by atoms with Gasteiger partial charge >= 0.3 is 5.56 Å². The first kappa shape index (κ1) is 16.1. The van der Waals surface area contributed by atoms with Gasteiger partial charge in [-0.1, -0.05) is 35.5 Å². The minimum atomic E-state index is -1.42. The lowest BCUT2D eigenvalue weighted by atomic mass is 10.1. The molecule has 0 amide bonds. The molecule has 8 heteroatoms. The van der Waals surface area contributed by atoms with Crippen molar-refractivity contribution in [1.29, 1.82) is 0 Å². The Morgan fingerprint density at radius 1 is 1.12 bits per heavy atom. The first-order valence-corrected chi connectivity index (χ1v) is 8.76. The van der Waals surface area contributed by atoms with E-state index in [1.807, 2.05) is 0 Å². The molecule has 1 aliphatic heterocycles. The summed E-state index contributed by atoms with van der Waals surface area (Å²) in [4.78, 5) is 16.3. The molecule has 3 aromatic rings. The summed E-state index contributed by atoms with van der Waals surface area (Å²) < 4.78 is 1.37. The van der Waals surface area contributed by atoms with Crippen molar-refractivity contribution >= 4 is 23.4 Å². The van der Waals surface area contributed by atoms with Crippen LogP contribution < -0.4 is 5.56 Å². The molecule has 0 saturated heterocycles. The molecule has 0 bridgehead atoms. The molecule has 1 atom stereocenters. The van der Waals surface area contributed by atoms with Crippen LogP contribution in [0.1, 0.15) is 5.56 Å². The van der Waals surface area contributed by atoms with E-state index >= 15 is 0 Å². The van der Waals surface area contributed by atoms with Crippen LogP contribution in [-0.4, -0.2) is 30.7 Å². The van der Waals surface area contributed by atoms with Gasteiger partial charge in [-0.3, -0.25) is 4.79 Å². The predicted octanol–water partition coefficient (Wildman–Crippen LogP) is 2.46. The van der Waals surface area contributed by atoms with E-state index in [1.54, 1.807) is 36.4 Å². The molecule has 2 N–H and O–H groups in total.